The average Bonchev–Trinajstić information content (AvgIpc) is 2.76. The summed E-state index contributed by atoms with van der Waals surface area (Å²) in [4.78, 5) is 16.3. The fourth-order valence-electron chi connectivity index (χ4n) is 1.58. The van der Waals surface area contributed by atoms with Crippen LogP contribution in [-0.2, 0) is 6.54 Å². The summed E-state index contributed by atoms with van der Waals surface area (Å²) < 4.78 is 0. The maximum Gasteiger partial charge on any atom is 0.149 e. The highest BCUT2D eigenvalue weighted by Crippen LogP contribution is 2.18. The predicted octanol–water partition coefficient (Wildman–Crippen LogP) is 2.31. The van der Waals surface area contributed by atoms with Crippen LogP contribution in [0.1, 0.15) is 17.5 Å². The van der Waals surface area contributed by atoms with Gasteiger partial charge in [-0.15, -0.1) is 11.3 Å². The molecule has 0 saturated heterocycles. The molecule has 2 aromatic heterocycles. The third-order valence-corrected chi connectivity index (χ3v) is 3.52. The maximum absolute atomic E-state index is 4.51. The van der Waals surface area contributed by atoms with Gasteiger partial charge in [0.25, 0.3) is 0 Å². The first-order chi connectivity index (χ1) is 8.70. The fourth-order valence-corrected chi connectivity index (χ4v) is 2.41. The van der Waals surface area contributed by atoms with E-state index in [9.17, 15) is 0 Å². The number of nitrogens with zero attached hydrogens (tertiary/aromatic N) is 4. The van der Waals surface area contributed by atoms with Gasteiger partial charge in [-0.25, -0.2) is 9.97 Å². The van der Waals surface area contributed by atoms with Crippen LogP contribution in [0.3, 0.4) is 0 Å². The van der Waals surface area contributed by atoms with E-state index >= 15 is 0 Å². The van der Waals surface area contributed by atoms with Crippen LogP contribution in [0.15, 0.2) is 17.9 Å². The molecule has 6 heteroatoms. The molecule has 0 aromatic carbocycles. The van der Waals surface area contributed by atoms with Gasteiger partial charge in [-0.2, -0.15) is 0 Å². The van der Waals surface area contributed by atoms with Gasteiger partial charge < -0.3 is 10.2 Å². The number of hydrogen-bond acceptors (Lipinski definition) is 6. The van der Waals surface area contributed by atoms with E-state index in [0.717, 1.165) is 30.4 Å². The van der Waals surface area contributed by atoms with Crippen molar-refractivity contribution in [1.82, 2.24) is 15.0 Å². The largest absolute Gasteiger partial charge is 0.369 e. The van der Waals surface area contributed by atoms with Crippen molar-refractivity contribution in [3.8, 4) is 0 Å². The summed E-state index contributed by atoms with van der Waals surface area (Å²) in [6, 6.07) is 0. The van der Waals surface area contributed by atoms with Crippen molar-refractivity contribution in [3.63, 3.8) is 0 Å². The SMILES string of the molecule is CCNc1cncc(N(C)Cc2scnc2C)n1. The van der Waals surface area contributed by atoms with Crippen LogP contribution in [0.5, 0.6) is 0 Å². The number of hydrogen-bond donors (Lipinski definition) is 1. The molecule has 2 heterocycles. The Balaban J connectivity index is 2.11. The molecule has 0 bridgehead atoms. The van der Waals surface area contributed by atoms with E-state index in [2.05, 4.69) is 25.2 Å². The van der Waals surface area contributed by atoms with Gasteiger partial charge in [-0.05, 0) is 13.8 Å². The summed E-state index contributed by atoms with van der Waals surface area (Å²) >= 11 is 1.67. The number of aryl methyl sites for hydroxylation is 1. The molecule has 0 atom stereocenters. The zero-order valence-electron chi connectivity index (χ0n) is 10.8. The second-order valence-electron chi connectivity index (χ2n) is 4.01. The molecule has 0 aliphatic rings. The monoisotopic (exact) mass is 263 g/mol. The zero-order valence-corrected chi connectivity index (χ0v) is 11.7. The molecule has 0 unspecified atom stereocenters. The smallest absolute Gasteiger partial charge is 0.149 e. The molecule has 0 fully saturated rings. The maximum atomic E-state index is 4.51. The first kappa shape index (κ1) is 12.8. The molecule has 5 nitrogen and oxygen atoms in total. The molecule has 1 N–H and O–H groups in total. The van der Waals surface area contributed by atoms with Gasteiger partial charge in [-0.1, -0.05) is 0 Å². The third kappa shape index (κ3) is 2.95. The number of nitrogens with one attached hydrogen (secondary N) is 1. The van der Waals surface area contributed by atoms with Gasteiger partial charge in [0.2, 0.25) is 0 Å². The van der Waals surface area contributed by atoms with Crippen molar-refractivity contribution in [2.45, 2.75) is 20.4 Å². The number of rotatable bonds is 5. The van der Waals surface area contributed by atoms with E-state index in [0.29, 0.717) is 0 Å². The van der Waals surface area contributed by atoms with E-state index in [1.54, 1.807) is 23.7 Å². The second-order valence-corrected chi connectivity index (χ2v) is 4.95. The van der Waals surface area contributed by atoms with Crippen molar-refractivity contribution < 1.29 is 0 Å². The molecule has 96 valence electrons. The molecule has 0 spiro atoms. The number of thiazole rings is 1. The van der Waals surface area contributed by atoms with Crippen molar-refractivity contribution in [2.24, 2.45) is 0 Å². The minimum atomic E-state index is 0.806. The summed E-state index contributed by atoms with van der Waals surface area (Å²) in [5.74, 6) is 1.67. The first-order valence-electron chi connectivity index (χ1n) is 5.86. The number of anilines is 2. The van der Waals surface area contributed by atoms with Crippen LogP contribution in [0.4, 0.5) is 11.6 Å². The topological polar surface area (TPSA) is 53.9 Å². The standard InChI is InChI=1S/C12H17N5S/c1-4-14-11-5-13-6-12(16-11)17(3)7-10-9(2)15-8-18-10/h5-6,8H,4,7H2,1-3H3,(H,14,16). The minimum Gasteiger partial charge on any atom is -0.369 e. The van der Waals surface area contributed by atoms with Gasteiger partial charge >= 0.3 is 0 Å². The first-order valence-corrected chi connectivity index (χ1v) is 6.74. The van der Waals surface area contributed by atoms with E-state index < -0.39 is 0 Å². The Bertz CT molecular complexity index is 511. The van der Waals surface area contributed by atoms with Crippen molar-refractivity contribution >= 4 is 23.0 Å². The van der Waals surface area contributed by atoms with Crippen molar-refractivity contribution in [1.29, 1.82) is 0 Å². The molecule has 18 heavy (non-hydrogen) atoms. The van der Waals surface area contributed by atoms with Crippen LogP contribution in [0.2, 0.25) is 0 Å². The minimum absolute atomic E-state index is 0.806. The van der Waals surface area contributed by atoms with Crippen LogP contribution < -0.4 is 10.2 Å². The lowest BCUT2D eigenvalue weighted by atomic mass is 10.3. The molecular weight excluding hydrogens is 246 g/mol. The average molecular weight is 263 g/mol. The lowest BCUT2D eigenvalue weighted by molar-refractivity contribution is 0.893. The van der Waals surface area contributed by atoms with Crippen LogP contribution in [0, 0.1) is 6.92 Å². The van der Waals surface area contributed by atoms with Crippen LogP contribution >= 0.6 is 11.3 Å². The quantitative estimate of drug-likeness (QED) is 0.897. The second kappa shape index (κ2) is 5.77. The fraction of sp³-hybridized carbons (Fsp3) is 0.417. The van der Waals surface area contributed by atoms with Crippen LogP contribution in [0.25, 0.3) is 0 Å². The normalized spacial score (nSPS) is 10.4. The Morgan fingerprint density at radius 3 is 2.89 bits per heavy atom. The summed E-state index contributed by atoms with van der Waals surface area (Å²) in [6.07, 6.45) is 3.51. The van der Waals surface area contributed by atoms with E-state index in [1.165, 1.54) is 4.88 Å². The summed E-state index contributed by atoms with van der Waals surface area (Å²) in [6.45, 7) is 5.72. The van der Waals surface area contributed by atoms with E-state index in [1.807, 2.05) is 26.4 Å². The Kier molecular flexibility index (Phi) is 4.09. The molecule has 0 aliphatic carbocycles. The van der Waals surface area contributed by atoms with Gasteiger partial charge in [0.05, 0.1) is 30.1 Å². The summed E-state index contributed by atoms with van der Waals surface area (Å²) in [5, 5.41) is 3.16. The van der Waals surface area contributed by atoms with Crippen molar-refractivity contribution in [3.05, 3.63) is 28.5 Å². The lowest BCUT2D eigenvalue weighted by Crippen LogP contribution is -2.18. The Morgan fingerprint density at radius 2 is 2.22 bits per heavy atom. The number of aromatic nitrogens is 3. The predicted molar refractivity (Wildman–Crippen MR) is 75.2 cm³/mol. The van der Waals surface area contributed by atoms with Gasteiger partial charge in [0.15, 0.2) is 0 Å². The lowest BCUT2D eigenvalue weighted by Gasteiger charge is -2.17. The van der Waals surface area contributed by atoms with E-state index in [-0.39, 0.29) is 0 Å². The summed E-state index contributed by atoms with van der Waals surface area (Å²) in [5.41, 5.74) is 2.96. The zero-order chi connectivity index (χ0) is 13.0. The molecule has 0 amide bonds. The molecule has 2 rings (SSSR count). The highest BCUT2D eigenvalue weighted by atomic mass is 32.1. The highest BCUT2D eigenvalue weighted by Gasteiger charge is 2.08. The van der Waals surface area contributed by atoms with Crippen LogP contribution in [-0.4, -0.2) is 28.5 Å². The molecule has 0 radical (unpaired) electrons. The van der Waals surface area contributed by atoms with Gasteiger partial charge in [0.1, 0.15) is 11.6 Å². The van der Waals surface area contributed by atoms with Gasteiger partial charge in [0, 0.05) is 18.5 Å². The summed E-state index contributed by atoms with van der Waals surface area (Å²) in [7, 11) is 2.01. The Labute approximate surface area is 111 Å². The van der Waals surface area contributed by atoms with Gasteiger partial charge in [-0.3, -0.25) is 4.98 Å². The van der Waals surface area contributed by atoms with E-state index in [4.69, 9.17) is 0 Å². The molecule has 0 saturated carbocycles. The molecule has 2 aromatic rings. The third-order valence-electron chi connectivity index (χ3n) is 2.60. The molecular formula is C12H17N5S. The Hall–Kier alpha value is -1.69. The Morgan fingerprint density at radius 1 is 1.39 bits per heavy atom. The molecule has 0 aliphatic heterocycles. The highest BCUT2D eigenvalue weighted by molar-refractivity contribution is 7.09. The van der Waals surface area contributed by atoms with Crippen molar-refractivity contribution in [2.75, 3.05) is 23.8 Å².